The second-order valence-corrected chi connectivity index (χ2v) is 7.70. The highest BCUT2D eigenvalue weighted by Gasteiger charge is 2.16. The number of amidine groups is 1. The Hall–Kier alpha value is -3.19. The molecule has 0 radical (unpaired) electrons. The number of aromatic nitrogens is 2. The van der Waals surface area contributed by atoms with Crippen LogP contribution in [-0.2, 0) is 0 Å². The molecule has 2 aromatic rings. The van der Waals surface area contributed by atoms with Crippen molar-refractivity contribution in [3.05, 3.63) is 59.6 Å². The lowest BCUT2D eigenvalue weighted by atomic mass is 10.1. The highest BCUT2D eigenvalue weighted by molar-refractivity contribution is 5.82. The van der Waals surface area contributed by atoms with E-state index in [4.69, 9.17) is 4.98 Å². The quantitative estimate of drug-likeness (QED) is 0.436. The van der Waals surface area contributed by atoms with Crippen LogP contribution >= 0.6 is 0 Å². The molecule has 0 unspecified atom stereocenters. The summed E-state index contributed by atoms with van der Waals surface area (Å²) < 4.78 is 0. The molecule has 1 aliphatic heterocycles. The van der Waals surface area contributed by atoms with E-state index in [1.807, 2.05) is 32.1 Å². The molecule has 3 rings (SSSR count). The molecule has 0 spiro atoms. The van der Waals surface area contributed by atoms with Gasteiger partial charge in [0.1, 0.15) is 11.7 Å². The van der Waals surface area contributed by atoms with Crippen LogP contribution in [-0.4, -0.2) is 53.9 Å². The lowest BCUT2D eigenvalue weighted by Gasteiger charge is -2.33. The third-order valence-corrected chi connectivity index (χ3v) is 4.78. The van der Waals surface area contributed by atoms with Crippen LogP contribution in [0.5, 0.6) is 0 Å². The van der Waals surface area contributed by atoms with Crippen LogP contribution in [0.3, 0.4) is 0 Å². The zero-order chi connectivity index (χ0) is 21.5. The second-order valence-electron chi connectivity index (χ2n) is 7.70. The molecule has 0 bridgehead atoms. The van der Waals surface area contributed by atoms with Crippen molar-refractivity contribution in [2.75, 3.05) is 38.1 Å². The summed E-state index contributed by atoms with van der Waals surface area (Å²) in [5, 5.41) is 0. The number of aliphatic imine (C=N–C) groups is 1. The standard InChI is InChI=1S/C23H31N7/c1-17(2)27-28-19(4)24-22-16-23(30-14-12-29(5)13-15-30)26-21(25-22)11-10-20-8-6-18(3)7-9-20/h6-11,16,27H,1,12-15H2,2-5H3,(H,24,25,26,28)/b11-10+. The molecule has 0 aliphatic carbocycles. The number of hydrogen-bond acceptors (Lipinski definition) is 6. The number of benzene rings is 1. The average Bonchev–Trinajstić information content (AvgIpc) is 2.72. The van der Waals surface area contributed by atoms with Gasteiger partial charge in [-0.2, -0.15) is 0 Å². The Kier molecular flexibility index (Phi) is 7.19. The molecule has 1 aromatic carbocycles. The van der Waals surface area contributed by atoms with Gasteiger partial charge in [0.05, 0.1) is 0 Å². The minimum absolute atomic E-state index is 0.621. The molecule has 1 fully saturated rings. The van der Waals surface area contributed by atoms with E-state index in [0.29, 0.717) is 17.5 Å². The first-order chi connectivity index (χ1) is 14.4. The van der Waals surface area contributed by atoms with Crippen molar-refractivity contribution >= 4 is 29.6 Å². The van der Waals surface area contributed by atoms with Gasteiger partial charge < -0.3 is 15.2 Å². The average molecular weight is 406 g/mol. The van der Waals surface area contributed by atoms with Crippen LogP contribution < -0.4 is 15.8 Å². The first-order valence-corrected chi connectivity index (χ1v) is 10.2. The number of likely N-dealkylation sites (N-methyl/N-ethyl adjacent to an activating group) is 1. The number of rotatable bonds is 6. The number of allylic oxidation sites excluding steroid dienone is 1. The summed E-state index contributed by atoms with van der Waals surface area (Å²) in [4.78, 5) is 18.6. The summed E-state index contributed by atoms with van der Waals surface area (Å²) in [5.41, 5.74) is 9.15. The van der Waals surface area contributed by atoms with Crippen LogP contribution in [0.1, 0.15) is 30.8 Å². The maximum Gasteiger partial charge on any atom is 0.160 e. The van der Waals surface area contributed by atoms with Gasteiger partial charge in [-0.3, -0.25) is 5.43 Å². The molecule has 7 heteroatoms. The summed E-state index contributed by atoms with van der Waals surface area (Å²) in [6.45, 7) is 13.6. The van der Waals surface area contributed by atoms with E-state index in [-0.39, 0.29) is 0 Å². The van der Waals surface area contributed by atoms with Gasteiger partial charge in [0.15, 0.2) is 11.6 Å². The van der Waals surface area contributed by atoms with Crippen molar-refractivity contribution in [1.82, 2.24) is 25.7 Å². The molecular weight excluding hydrogens is 374 g/mol. The number of aryl methyl sites for hydroxylation is 1. The number of hydrogen-bond donors (Lipinski definition) is 2. The zero-order valence-corrected chi connectivity index (χ0v) is 18.3. The fourth-order valence-corrected chi connectivity index (χ4v) is 3.01. The van der Waals surface area contributed by atoms with Crippen molar-refractivity contribution in [2.45, 2.75) is 20.8 Å². The zero-order valence-electron chi connectivity index (χ0n) is 18.3. The maximum atomic E-state index is 4.79. The lowest BCUT2D eigenvalue weighted by Crippen LogP contribution is -2.44. The fraction of sp³-hybridized carbons (Fsp3) is 0.348. The maximum absolute atomic E-state index is 4.79. The number of hydrazine groups is 1. The van der Waals surface area contributed by atoms with Gasteiger partial charge in [-0.15, -0.1) is 0 Å². The van der Waals surface area contributed by atoms with E-state index >= 15 is 0 Å². The molecule has 0 amide bonds. The molecule has 7 nitrogen and oxygen atoms in total. The van der Waals surface area contributed by atoms with Gasteiger partial charge in [-0.1, -0.05) is 42.5 Å². The van der Waals surface area contributed by atoms with Crippen LogP contribution in [0.4, 0.5) is 11.6 Å². The Balaban J connectivity index is 1.88. The van der Waals surface area contributed by atoms with Gasteiger partial charge in [0.2, 0.25) is 0 Å². The lowest BCUT2D eigenvalue weighted by molar-refractivity contribution is 0.312. The van der Waals surface area contributed by atoms with Crippen LogP contribution in [0.2, 0.25) is 0 Å². The normalized spacial score (nSPS) is 15.5. The number of nitrogens with one attached hydrogen (secondary N) is 2. The third kappa shape index (κ3) is 6.42. The first-order valence-electron chi connectivity index (χ1n) is 10.2. The van der Waals surface area contributed by atoms with E-state index in [0.717, 1.165) is 43.3 Å². The number of anilines is 1. The third-order valence-electron chi connectivity index (χ3n) is 4.78. The highest BCUT2D eigenvalue weighted by atomic mass is 15.4. The van der Waals surface area contributed by atoms with E-state index in [9.17, 15) is 0 Å². The Morgan fingerprint density at radius 2 is 1.73 bits per heavy atom. The monoisotopic (exact) mass is 405 g/mol. The number of nitrogens with zero attached hydrogens (tertiary/aromatic N) is 5. The van der Waals surface area contributed by atoms with Crippen molar-refractivity contribution < 1.29 is 0 Å². The predicted octanol–water partition coefficient (Wildman–Crippen LogP) is 3.38. The van der Waals surface area contributed by atoms with Crippen LogP contribution in [0, 0.1) is 6.92 Å². The summed E-state index contributed by atoms with van der Waals surface area (Å²) in [6, 6.07) is 10.3. The van der Waals surface area contributed by atoms with Gasteiger partial charge in [-0.25, -0.2) is 15.0 Å². The van der Waals surface area contributed by atoms with E-state index in [1.54, 1.807) is 0 Å². The van der Waals surface area contributed by atoms with Crippen molar-refractivity contribution in [1.29, 1.82) is 0 Å². The van der Waals surface area contributed by atoms with Crippen molar-refractivity contribution in [3.63, 3.8) is 0 Å². The van der Waals surface area contributed by atoms with Gasteiger partial charge in [0, 0.05) is 37.9 Å². The van der Waals surface area contributed by atoms with Crippen molar-refractivity contribution in [2.24, 2.45) is 4.99 Å². The largest absolute Gasteiger partial charge is 0.354 e. The van der Waals surface area contributed by atoms with Crippen LogP contribution in [0.15, 0.2) is 47.6 Å². The second kappa shape index (κ2) is 10.0. The summed E-state index contributed by atoms with van der Waals surface area (Å²) in [7, 11) is 2.15. The Morgan fingerprint density at radius 3 is 2.40 bits per heavy atom. The highest BCUT2D eigenvalue weighted by Crippen LogP contribution is 2.21. The topological polar surface area (TPSA) is 68.7 Å². The molecule has 0 saturated carbocycles. The molecule has 30 heavy (non-hydrogen) atoms. The molecule has 1 aliphatic rings. The van der Waals surface area contributed by atoms with E-state index in [1.165, 1.54) is 5.56 Å². The number of piperazine rings is 1. The minimum Gasteiger partial charge on any atom is -0.354 e. The smallest absolute Gasteiger partial charge is 0.160 e. The fourth-order valence-electron chi connectivity index (χ4n) is 3.01. The van der Waals surface area contributed by atoms with E-state index in [2.05, 4.69) is 75.4 Å². The molecule has 2 heterocycles. The Morgan fingerprint density at radius 1 is 1.03 bits per heavy atom. The van der Waals surface area contributed by atoms with Crippen LogP contribution in [0.25, 0.3) is 12.2 Å². The minimum atomic E-state index is 0.621. The Bertz CT molecular complexity index is 923. The SMILES string of the molecule is C=C(C)NN/C(C)=N/c1cc(N2CCN(C)CC2)nc(/C=C/c2ccc(C)cc2)n1. The molecule has 2 N–H and O–H groups in total. The summed E-state index contributed by atoms with van der Waals surface area (Å²) in [5.74, 6) is 2.87. The first kappa shape index (κ1) is 21.5. The summed E-state index contributed by atoms with van der Waals surface area (Å²) in [6.07, 6.45) is 3.97. The van der Waals surface area contributed by atoms with Gasteiger partial charge in [0.25, 0.3) is 0 Å². The van der Waals surface area contributed by atoms with Gasteiger partial charge >= 0.3 is 0 Å². The summed E-state index contributed by atoms with van der Waals surface area (Å²) >= 11 is 0. The molecule has 1 saturated heterocycles. The molecule has 0 atom stereocenters. The molecule has 158 valence electrons. The molecular formula is C23H31N7. The predicted molar refractivity (Wildman–Crippen MR) is 126 cm³/mol. The van der Waals surface area contributed by atoms with Crippen molar-refractivity contribution in [3.8, 4) is 0 Å². The van der Waals surface area contributed by atoms with Gasteiger partial charge in [-0.05, 0) is 39.5 Å². The van der Waals surface area contributed by atoms with E-state index < -0.39 is 0 Å². The Labute approximate surface area is 179 Å². The molecule has 1 aromatic heterocycles.